The molecule has 3 aliphatic rings. The van der Waals surface area contributed by atoms with Crippen molar-refractivity contribution in [2.75, 3.05) is 6.61 Å². The van der Waals surface area contributed by atoms with Crippen molar-refractivity contribution in [3.8, 4) is 5.75 Å². The second-order valence-electron chi connectivity index (χ2n) is 13.4. The van der Waals surface area contributed by atoms with Gasteiger partial charge in [-0.1, -0.05) is 57.7 Å². The molecule has 2 aromatic carbocycles. The van der Waals surface area contributed by atoms with Gasteiger partial charge in [0.1, 0.15) is 24.1 Å². The van der Waals surface area contributed by atoms with Crippen LogP contribution in [0.1, 0.15) is 67.2 Å². The van der Waals surface area contributed by atoms with Gasteiger partial charge < -0.3 is 18.9 Å². The topological polar surface area (TPSA) is 105 Å². The zero-order chi connectivity index (χ0) is 32.0. The van der Waals surface area contributed by atoms with Crippen molar-refractivity contribution in [2.45, 2.75) is 85.5 Å². The van der Waals surface area contributed by atoms with Crippen LogP contribution in [0.15, 0.2) is 65.8 Å². The molecular weight excluding hydrogens is 560 g/mol. The van der Waals surface area contributed by atoms with Crippen molar-refractivity contribution < 1.29 is 38.1 Å². The zero-order valence-electron chi connectivity index (χ0n) is 26.4. The first-order valence-corrected chi connectivity index (χ1v) is 15.3. The Hall–Kier alpha value is -3.94. The van der Waals surface area contributed by atoms with Gasteiger partial charge in [0.15, 0.2) is 12.4 Å². The predicted octanol–water partition coefficient (Wildman–Crippen LogP) is 6.30. The van der Waals surface area contributed by atoms with E-state index in [1.807, 2.05) is 56.3 Å². The molecule has 0 heterocycles. The second kappa shape index (κ2) is 11.9. The first-order chi connectivity index (χ1) is 20.7. The van der Waals surface area contributed by atoms with E-state index in [1.165, 1.54) is 13.8 Å². The van der Waals surface area contributed by atoms with Crippen LogP contribution in [0.4, 0.5) is 0 Å². The van der Waals surface area contributed by atoms with Gasteiger partial charge in [-0.3, -0.25) is 14.4 Å². The van der Waals surface area contributed by atoms with Gasteiger partial charge in [0.05, 0.1) is 0 Å². The van der Waals surface area contributed by atoms with Gasteiger partial charge in [-0.2, -0.15) is 0 Å². The maximum atomic E-state index is 13.4. The molecule has 0 amide bonds. The quantitative estimate of drug-likeness (QED) is 0.216. The summed E-state index contributed by atoms with van der Waals surface area (Å²) in [4.78, 5) is 51.3. The van der Waals surface area contributed by atoms with E-state index in [1.54, 1.807) is 6.92 Å². The fraction of sp³-hybridized carbons (Fsp3) is 0.500. The van der Waals surface area contributed by atoms with Crippen LogP contribution in [0.25, 0.3) is 10.8 Å². The van der Waals surface area contributed by atoms with Crippen molar-refractivity contribution in [1.29, 1.82) is 0 Å². The molecule has 0 aromatic heterocycles. The average Bonchev–Trinajstić information content (AvgIpc) is 2.94. The van der Waals surface area contributed by atoms with Crippen LogP contribution >= 0.6 is 0 Å². The van der Waals surface area contributed by atoms with E-state index < -0.39 is 58.9 Å². The Bertz CT molecular complexity index is 1550. The van der Waals surface area contributed by atoms with Gasteiger partial charge in [0.25, 0.3) is 0 Å². The number of Topliss-reactive ketones (excluding diaryl/α,β-unsaturated/α-hetero) is 1. The van der Waals surface area contributed by atoms with E-state index in [4.69, 9.17) is 18.9 Å². The minimum atomic E-state index is -0.694. The standard InChI is InChI=1S/C36H42O8/c1-20-28(39)17-27-34(43-23(4)38)33-21(2)29(14-15-36(33,7)18-30(42-22(3)37)32(20)35(27,5)6)44-31(40)19-41-26-13-12-24-10-8-9-11-25(24)16-26/h8-13,16,27,29-30,33-34H,2,14-15,17-19H2,1,3-7H3/t27-,29-,30-,33-,34+,36-/m0/s1. The summed E-state index contributed by atoms with van der Waals surface area (Å²) in [5, 5.41) is 2.07. The smallest absolute Gasteiger partial charge is 0.344 e. The Morgan fingerprint density at radius 1 is 0.932 bits per heavy atom. The molecule has 0 aliphatic heterocycles. The molecule has 0 spiro atoms. The summed E-state index contributed by atoms with van der Waals surface area (Å²) in [6, 6.07) is 13.5. The van der Waals surface area contributed by atoms with Crippen molar-refractivity contribution in [2.24, 2.45) is 22.7 Å². The first kappa shape index (κ1) is 31.5. The highest BCUT2D eigenvalue weighted by atomic mass is 16.6. The summed E-state index contributed by atoms with van der Waals surface area (Å²) in [7, 11) is 0. The van der Waals surface area contributed by atoms with Crippen molar-refractivity contribution >= 4 is 34.5 Å². The molecule has 0 N–H and O–H groups in total. The van der Waals surface area contributed by atoms with E-state index in [-0.39, 0.29) is 18.8 Å². The Labute approximate surface area is 258 Å². The molecule has 5 rings (SSSR count). The van der Waals surface area contributed by atoms with Crippen LogP contribution in [0, 0.1) is 22.7 Å². The zero-order valence-corrected chi connectivity index (χ0v) is 26.4. The summed E-state index contributed by atoms with van der Waals surface area (Å²) in [5.74, 6) is -1.76. The van der Waals surface area contributed by atoms with Crippen LogP contribution in [0.3, 0.4) is 0 Å². The van der Waals surface area contributed by atoms with Gasteiger partial charge in [0, 0.05) is 32.1 Å². The molecule has 234 valence electrons. The molecule has 3 aliphatic carbocycles. The number of fused-ring (bicyclic) bond motifs is 4. The SMILES string of the molecule is C=C1[C@@H](OC(=O)COc2ccc3ccccc3c2)CC[C@@]2(C)C[C@H](OC(C)=O)C3=C(C)C(=O)C[C@@H]([C@@H](OC(C)=O)[C@H]12)C3(C)C. The lowest BCUT2D eigenvalue weighted by Gasteiger charge is -2.57. The van der Waals surface area contributed by atoms with Crippen LogP contribution in [-0.2, 0) is 33.4 Å². The van der Waals surface area contributed by atoms with Gasteiger partial charge in [-0.25, -0.2) is 4.79 Å². The molecule has 2 saturated carbocycles. The molecule has 2 aromatic rings. The second-order valence-corrected chi connectivity index (χ2v) is 13.4. The highest BCUT2D eigenvalue weighted by molar-refractivity contribution is 5.97. The number of hydrogen-bond acceptors (Lipinski definition) is 8. The normalized spacial score (nSPS) is 29.6. The minimum Gasteiger partial charge on any atom is -0.482 e. The van der Waals surface area contributed by atoms with Crippen molar-refractivity contribution in [1.82, 2.24) is 0 Å². The molecule has 0 radical (unpaired) electrons. The number of ether oxygens (including phenoxy) is 4. The lowest BCUT2D eigenvalue weighted by atomic mass is 9.50. The number of hydrogen-bond donors (Lipinski definition) is 0. The number of carbonyl (C=O) groups is 4. The van der Waals surface area contributed by atoms with Crippen molar-refractivity contribution in [3.63, 3.8) is 0 Å². The van der Waals surface area contributed by atoms with E-state index in [9.17, 15) is 19.2 Å². The summed E-state index contributed by atoms with van der Waals surface area (Å²) < 4.78 is 23.8. The lowest BCUT2D eigenvalue weighted by molar-refractivity contribution is -0.173. The highest BCUT2D eigenvalue weighted by Crippen LogP contribution is 2.59. The number of benzene rings is 2. The largest absolute Gasteiger partial charge is 0.482 e. The maximum Gasteiger partial charge on any atom is 0.344 e. The van der Waals surface area contributed by atoms with Crippen LogP contribution in [0.2, 0.25) is 0 Å². The van der Waals surface area contributed by atoms with Crippen LogP contribution in [0.5, 0.6) is 5.75 Å². The third kappa shape index (κ3) is 5.91. The average molecular weight is 603 g/mol. The summed E-state index contributed by atoms with van der Waals surface area (Å²) >= 11 is 0. The molecule has 0 unspecified atom stereocenters. The Morgan fingerprint density at radius 3 is 2.30 bits per heavy atom. The van der Waals surface area contributed by atoms with Crippen LogP contribution in [-0.4, -0.2) is 48.6 Å². The maximum absolute atomic E-state index is 13.4. The number of esters is 3. The molecule has 44 heavy (non-hydrogen) atoms. The van der Waals surface area contributed by atoms with Gasteiger partial charge in [0.2, 0.25) is 0 Å². The summed E-state index contributed by atoms with van der Waals surface area (Å²) in [6.07, 6.45) is -0.263. The molecule has 6 atom stereocenters. The number of allylic oxidation sites excluding steroid dienone is 1. The summed E-state index contributed by atoms with van der Waals surface area (Å²) in [5.41, 5.74) is 0.868. The molecule has 8 heteroatoms. The van der Waals surface area contributed by atoms with E-state index in [0.29, 0.717) is 36.2 Å². The Morgan fingerprint density at radius 2 is 1.61 bits per heavy atom. The van der Waals surface area contributed by atoms with Crippen LogP contribution < -0.4 is 4.74 Å². The summed E-state index contributed by atoms with van der Waals surface area (Å²) in [6.45, 7) is 14.8. The number of ketones is 1. The lowest BCUT2D eigenvalue weighted by Crippen LogP contribution is -2.58. The van der Waals surface area contributed by atoms with E-state index >= 15 is 0 Å². The first-order valence-electron chi connectivity index (χ1n) is 15.3. The van der Waals surface area contributed by atoms with Crippen molar-refractivity contribution in [3.05, 3.63) is 65.8 Å². The third-order valence-electron chi connectivity index (χ3n) is 10.1. The highest BCUT2D eigenvalue weighted by Gasteiger charge is 2.59. The monoisotopic (exact) mass is 602 g/mol. The fourth-order valence-electron chi connectivity index (χ4n) is 8.04. The van der Waals surface area contributed by atoms with E-state index in [2.05, 4.69) is 13.5 Å². The Balaban J connectivity index is 1.43. The van der Waals surface area contributed by atoms with E-state index in [0.717, 1.165) is 16.3 Å². The molecular formula is C36H42O8. The molecule has 8 nitrogen and oxygen atoms in total. The fourth-order valence-corrected chi connectivity index (χ4v) is 8.04. The van der Waals surface area contributed by atoms with Gasteiger partial charge >= 0.3 is 17.9 Å². The number of carbonyl (C=O) groups excluding carboxylic acids is 4. The molecule has 0 saturated heterocycles. The molecule has 2 bridgehead atoms. The van der Waals surface area contributed by atoms with Gasteiger partial charge in [-0.15, -0.1) is 0 Å². The minimum absolute atomic E-state index is 0.0579. The molecule has 2 fully saturated rings. The number of rotatable bonds is 6. The predicted molar refractivity (Wildman–Crippen MR) is 165 cm³/mol. The van der Waals surface area contributed by atoms with Gasteiger partial charge in [-0.05, 0) is 76.6 Å². The Kier molecular flexibility index (Phi) is 8.49. The third-order valence-corrected chi connectivity index (χ3v) is 10.1.